The van der Waals surface area contributed by atoms with Crippen LogP contribution in [0.3, 0.4) is 0 Å². The summed E-state index contributed by atoms with van der Waals surface area (Å²) in [6.07, 6.45) is 5.49. The number of ether oxygens (including phenoxy) is 1. The number of carbonyl (C=O) groups is 2. The van der Waals surface area contributed by atoms with Crippen molar-refractivity contribution >= 4 is 17.8 Å². The third kappa shape index (κ3) is 5.95. The van der Waals surface area contributed by atoms with Crippen molar-refractivity contribution in [2.45, 2.75) is 64.6 Å². The van der Waals surface area contributed by atoms with Crippen LogP contribution in [0.25, 0.3) is 11.3 Å². The zero-order valence-corrected chi connectivity index (χ0v) is 21.8. The smallest absolute Gasteiger partial charge is 0.410 e. The van der Waals surface area contributed by atoms with E-state index in [1.54, 1.807) is 15.8 Å². The van der Waals surface area contributed by atoms with Crippen molar-refractivity contribution in [3.8, 4) is 11.3 Å². The van der Waals surface area contributed by atoms with Gasteiger partial charge in [-0.2, -0.15) is 10.2 Å². The summed E-state index contributed by atoms with van der Waals surface area (Å²) in [5, 5.41) is 8.87. The molecule has 0 saturated carbocycles. The van der Waals surface area contributed by atoms with E-state index in [4.69, 9.17) is 16.2 Å². The van der Waals surface area contributed by atoms with Crippen molar-refractivity contribution in [2.24, 2.45) is 5.73 Å². The summed E-state index contributed by atoms with van der Waals surface area (Å²) >= 11 is 0. The van der Waals surface area contributed by atoms with E-state index in [9.17, 15) is 18.4 Å². The molecule has 0 spiro atoms. The highest BCUT2D eigenvalue weighted by Gasteiger charge is 2.29. The average Bonchev–Trinajstić information content (AvgIpc) is 3.40. The Morgan fingerprint density at radius 3 is 2.47 bits per heavy atom. The van der Waals surface area contributed by atoms with Crippen molar-refractivity contribution in [1.82, 2.24) is 24.5 Å². The lowest BCUT2D eigenvalue weighted by Gasteiger charge is -2.30. The van der Waals surface area contributed by atoms with E-state index in [0.29, 0.717) is 44.3 Å². The summed E-state index contributed by atoms with van der Waals surface area (Å²) in [4.78, 5) is 26.6. The summed E-state index contributed by atoms with van der Waals surface area (Å²) in [7, 11) is 0. The fourth-order valence-electron chi connectivity index (χ4n) is 4.63. The quantitative estimate of drug-likeness (QED) is 0.511. The molecule has 1 aromatic carbocycles. The van der Waals surface area contributed by atoms with E-state index in [2.05, 4.69) is 10.2 Å². The number of hydrogen-bond donors (Lipinski definition) is 2. The monoisotopic (exact) mass is 529 g/mol. The van der Waals surface area contributed by atoms with Gasteiger partial charge in [-0.25, -0.2) is 18.3 Å². The Bertz CT molecular complexity index is 1320. The van der Waals surface area contributed by atoms with Gasteiger partial charge in [-0.05, 0) is 52.5 Å². The second-order valence-electron chi connectivity index (χ2n) is 10.5. The summed E-state index contributed by atoms with van der Waals surface area (Å²) < 4.78 is 36.3. The topological polar surface area (TPSA) is 134 Å². The molecule has 1 aliphatic rings. The molecule has 1 aliphatic heterocycles. The molecule has 4 N–H and O–H groups in total. The summed E-state index contributed by atoms with van der Waals surface area (Å²) in [5.74, 6) is -2.45. The molecule has 2 aromatic heterocycles. The second kappa shape index (κ2) is 10.8. The van der Waals surface area contributed by atoms with Crippen LogP contribution >= 0.6 is 0 Å². The summed E-state index contributed by atoms with van der Waals surface area (Å²) in [6, 6.07) is 3.85. The third-order valence-electron chi connectivity index (χ3n) is 6.39. The van der Waals surface area contributed by atoms with Crippen LogP contribution in [-0.2, 0) is 11.3 Å². The number of benzene rings is 1. The van der Waals surface area contributed by atoms with Crippen molar-refractivity contribution in [1.29, 1.82) is 0 Å². The van der Waals surface area contributed by atoms with E-state index in [0.717, 1.165) is 6.07 Å². The van der Waals surface area contributed by atoms with Gasteiger partial charge in [-0.3, -0.25) is 9.48 Å². The first-order chi connectivity index (χ1) is 17.9. The minimum Gasteiger partial charge on any atom is -0.444 e. The predicted octanol–water partition coefficient (Wildman–Crippen LogP) is 4.11. The minimum absolute atomic E-state index is 0.0114. The fraction of sp³-hybridized carbons (Fsp3) is 0.462. The maximum absolute atomic E-state index is 14.1. The van der Waals surface area contributed by atoms with Crippen molar-refractivity contribution < 1.29 is 23.1 Å². The average molecular weight is 530 g/mol. The lowest BCUT2D eigenvalue weighted by atomic mass is 10.0. The molecule has 0 radical (unpaired) electrons. The Morgan fingerprint density at radius 2 is 1.84 bits per heavy atom. The highest BCUT2D eigenvalue weighted by Crippen LogP contribution is 2.33. The number of rotatable bonds is 5. The third-order valence-corrected chi connectivity index (χ3v) is 6.39. The Kier molecular flexibility index (Phi) is 7.70. The van der Waals surface area contributed by atoms with Crippen LogP contribution in [-0.4, -0.2) is 55.2 Å². The number of amides is 2. The highest BCUT2D eigenvalue weighted by molar-refractivity contribution is 6.03. The lowest BCUT2D eigenvalue weighted by Crippen LogP contribution is -2.39. The molecule has 2 amide bonds. The first-order valence-electron chi connectivity index (χ1n) is 12.6. The highest BCUT2D eigenvalue weighted by atomic mass is 19.2. The van der Waals surface area contributed by atoms with Crippen LogP contribution < -0.4 is 11.5 Å². The number of halogens is 2. The fourth-order valence-corrected chi connectivity index (χ4v) is 4.63. The summed E-state index contributed by atoms with van der Waals surface area (Å²) in [6.45, 7) is 6.56. The maximum Gasteiger partial charge on any atom is 0.410 e. The molecule has 1 fully saturated rings. The van der Waals surface area contributed by atoms with E-state index in [1.807, 2.05) is 20.8 Å². The van der Waals surface area contributed by atoms with E-state index >= 15 is 0 Å². The number of nitrogens with two attached hydrogens (primary N) is 2. The molecule has 0 bridgehead atoms. The number of anilines is 1. The molecule has 1 saturated heterocycles. The van der Waals surface area contributed by atoms with Gasteiger partial charge in [-0.1, -0.05) is 12.1 Å². The zero-order chi connectivity index (χ0) is 27.6. The maximum atomic E-state index is 14.1. The molecule has 3 heterocycles. The van der Waals surface area contributed by atoms with Gasteiger partial charge in [0, 0.05) is 30.4 Å². The van der Waals surface area contributed by atoms with Crippen LogP contribution in [0.2, 0.25) is 0 Å². The molecule has 4 rings (SSSR count). The Hall–Kier alpha value is -3.96. The number of carbonyl (C=O) groups excluding carboxylic acids is 2. The van der Waals surface area contributed by atoms with E-state index < -0.39 is 23.1 Å². The molecular formula is C26H33F2N7O3. The standard InChI is InChI=1S/C26H33F2N7O3/c1-26(2,3)38-25(37)33-11-5-8-18(9-6-12-33)35-23(29)20(24(30)36)22(32-35)17-13-31-34(15-17)14-16-7-4-10-19(27)21(16)28/h4,7,10,13,15,18H,5-6,8-9,11-12,14,29H2,1-3H3,(H2,30,36). The number of nitrogen functional groups attached to an aromatic ring is 1. The van der Waals surface area contributed by atoms with Crippen LogP contribution in [0.5, 0.6) is 0 Å². The molecule has 3 aromatic rings. The number of primary amides is 1. The van der Waals surface area contributed by atoms with Crippen LogP contribution in [0.4, 0.5) is 19.4 Å². The van der Waals surface area contributed by atoms with Gasteiger partial charge in [-0.15, -0.1) is 0 Å². The van der Waals surface area contributed by atoms with E-state index in [1.165, 1.54) is 23.0 Å². The Balaban J connectivity index is 1.53. The molecule has 12 heteroatoms. The van der Waals surface area contributed by atoms with Gasteiger partial charge in [0.25, 0.3) is 5.91 Å². The Morgan fingerprint density at radius 1 is 1.16 bits per heavy atom. The second-order valence-corrected chi connectivity index (χ2v) is 10.5. The molecule has 10 nitrogen and oxygen atoms in total. The van der Waals surface area contributed by atoms with Crippen molar-refractivity contribution in [3.63, 3.8) is 0 Å². The van der Waals surface area contributed by atoms with Crippen molar-refractivity contribution in [3.05, 3.63) is 53.4 Å². The first kappa shape index (κ1) is 27.1. The minimum atomic E-state index is -0.939. The number of hydrogen-bond acceptors (Lipinski definition) is 6. The number of nitrogens with zero attached hydrogens (tertiary/aromatic N) is 5. The first-order valence-corrected chi connectivity index (χ1v) is 12.6. The van der Waals surface area contributed by atoms with Gasteiger partial charge in [0.05, 0.1) is 18.8 Å². The molecule has 38 heavy (non-hydrogen) atoms. The number of aromatic nitrogens is 4. The predicted molar refractivity (Wildman–Crippen MR) is 137 cm³/mol. The van der Waals surface area contributed by atoms with E-state index in [-0.39, 0.29) is 41.3 Å². The van der Waals surface area contributed by atoms with Crippen molar-refractivity contribution in [2.75, 3.05) is 18.8 Å². The lowest BCUT2D eigenvalue weighted by molar-refractivity contribution is 0.0228. The normalized spacial score (nSPS) is 15.2. The molecule has 0 unspecified atom stereocenters. The van der Waals surface area contributed by atoms with Gasteiger partial charge >= 0.3 is 6.09 Å². The van der Waals surface area contributed by atoms with Gasteiger partial charge in [0.15, 0.2) is 11.6 Å². The van der Waals surface area contributed by atoms with Gasteiger partial charge in [0.2, 0.25) is 0 Å². The number of likely N-dealkylation sites (tertiary alicyclic amines) is 1. The molecule has 204 valence electrons. The zero-order valence-electron chi connectivity index (χ0n) is 21.8. The molecular weight excluding hydrogens is 496 g/mol. The molecule has 0 atom stereocenters. The summed E-state index contributed by atoms with van der Waals surface area (Å²) in [5.41, 5.74) is 12.4. The largest absolute Gasteiger partial charge is 0.444 e. The van der Waals surface area contributed by atoms with Crippen LogP contribution in [0.15, 0.2) is 30.6 Å². The molecule has 0 aliphatic carbocycles. The van der Waals surface area contributed by atoms with Crippen LogP contribution in [0, 0.1) is 11.6 Å². The Labute approximate surface area is 219 Å². The SMILES string of the molecule is CC(C)(C)OC(=O)N1CCCC(n2nc(-c3cnn(Cc4cccc(F)c4F)c3)c(C(N)=O)c2N)CCC1. The van der Waals surface area contributed by atoms with Gasteiger partial charge < -0.3 is 21.1 Å². The van der Waals surface area contributed by atoms with Crippen LogP contribution in [0.1, 0.15) is 68.4 Å². The van der Waals surface area contributed by atoms with Gasteiger partial charge in [0.1, 0.15) is 22.7 Å².